The van der Waals surface area contributed by atoms with E-state index in [4.69, 9.17) is 19.4 Å². The van der Waals surface area contributed by atoms with E-state index >= 15 is 0 Å². The molecule has 57 heavy (non-hydrogen) atoms. The smallest absolute Gasteiger partial charge is 0.407 e. The zero-order chi connectivity index (χ0) is 40.8. The molecule has 304 valence electrons. The molecule has 2 saturated heterocycles. The van der Waals surface area contributed by atoms with Crippen LogP contribution in [0.1, 0.15) is 88.2 Å². The van der Waals surface area contributed by atoms with Crippen LogP contribution >= 0.6 is 22.7 Å². The number of aldehydes is 1. The van der Waals surface area contributed by atoms with Gasteiger partial charge < -0.3 is 39.8 Å². The van der Waals surface area contributed by atoms with Crippen LogP contribution in [0.5, 0.6) is 0 Å². The predicted octanol–water partition coefficient (Wildman–Crippen LogP) is 7.64. The van der Waals surface area contributed by atoms with Gasteiger partial charge in [-0.1, -0.05) is 27.7 Å². The quantitative estimate of drug-likeness (QED) is 0.0923. The molecule has 0 bridgehead atoms. The SMILES string of the molecule is COC(=O)N[C@H](C(=O)N1CCC[C@H]1c1ncc(-c2cc3c(C)c4sc(-c5cnc([C@@H]6CCCN6C[C@](C=O)(NC(=O)OC)C(C)C)[nH]5)cc4c(C)c3s2)[nH]1)C(C)C. The third-order valence-corrected chi connectivity index (χ3v) is 14.4. The van der Waals surface area contributed by atoms with Gasteiger partial charge in [-0.25, -0.2) is 19.6 Å². The zero-order valence-corrected chi connectivity index (χ0v) is 35.4. The van der Waals surface area contributed by atoms with E-state index < -0.39 is 23.8 Å². The fourth-order valence-electron chi connectivity index (χ4n) is 8.33. The van der Waals surface area contributed by atoms with Crippen molar-refractivity contribution in [1.29, 1.82) is 0 Å². The van der Waals surface area contributed by atoms with E-state index in [1.165, 1.54) is 45.5 Å². The van der Waals surface area contributed by atoms with Crippen molar-refractivity contribution in [2.24, 2.45) is 11.8 Å². The number of nitrogens with one attached hydrogen (secondary N) is 4. The minimum atomic E-state index is -1.08. The maximum absolute atomic E-state index is 13.7. The molecule has 5 aromatic rings. The second-order valence-corrected chi connectivity index (χ2v) is 18.0. The van der Waals surface area contributed by atoms with Gasteiger partial charge in [0.25, 0.3) is 0 Å². The minimum Gasteiger partial charge on any atom is -0.453 e. The number of nitrogens with zero attached hydrogens (tertiary/aromatic N) is 4. The highest BCUT2D eigenvalue weighted by Gasteiger charge is 2.42. The number of likely N-dealkylation sites (tertiary alicyclic amines) is 2. The lowest BCUT2D eigenvalue weighted by atomic mass is 9.87. The highest BCUT2D eigenvalue weighted by Crippen LogP contribution is 2.45. The van der Waals surface area contributed by atoms with E-state index in [0.717, 1.165) is 71.3 Å². The average molecular weight is 817 g/mol. The Morgan fingerprint density at radius 3 is 1.95 bits per heavy atom. The van der Waals surface area contributed by atoms with E-state index in [-0.39, 0.29) is 29.8 Å². The lowest BCUT2D eigenvalue weighted by Gasteiger charge is -2.37. The number of rotatable bonds is 12. The van der Waals surface area contributed by atoms with Crippen molar-refractivity contribution in [2.75, 3.05) is 33.9 Å². The van der Waals surface area contributed by atoms with Crippen molar-refractivity contribution in [2.45, 2.75) is 90.9 Å². The van der Waals surface area contributed by atoms with Gasteiger partial charge in [0, 0.05) is 22.5 Å². The summed E-state index contributed by atoms with van der Waals surface area (Å²) in [7, 11) is 2.60. The standard InChI is InChI=1S/C41H52N8O6S2/c1-21(2)33(46-39(52)54-7)38(51)49-14-10-12-30(49)37-43-18-28(45-37)32-16-26-24(6)34-25(23(5)35(26)57-32)15-31(56-34)27-17-42-36(44-27)29-11-9-13-48(29)19-41(20-50,22(3)4)47-40(53)55-8/h15-18,20-22,29-30,33H,9-14,19H2,1-8H3,(H,42,44)(H,43,45)(H,46,52)(H,47,53)/t29-,30-,33-,41+/m0/s1. The Morgan fingerprint density at radius 2 is 1.42 bits per heavy atom. The van der Waals surface area contributed by atoms with Crippen LogP contribution in [0, 0.1) is 25.7 Å². The van der Waals surface area contributed by atoms with Crippen LogP contribution in [-0.2, 0) is 19.1 Å². The molecule has 14 nitrogen and oxygen atoms in total. The van der Waals surface area contributed by atoms with E-state index in [9.17, 15) is 19.2 Å². The molecular weight excluding hydrogens is 765 g/mol. The largest absolute Gasteiger partial charge is 0.453 e. The first kappa shape index (κ1) is 40.4. The van der Waals surface area contributed by atoms with Crippen molar-refractivity contribution in [3.8, 4) is 21.1 Å². The molecule has 0 spiro atoms. The summed E-state index contributed by atoms with van der Waals surface area (Å²) in [6.07, 6.45) is 6.84. The monoisotopic (exact) mass is 816 g/mol. The normalized spacial score (nSPS) is 19.1. The van der Waals surface area contributed by atoms with E-state index in [1.54, 1.807) is 22.7 Å². The average Bonchev–Trinajstić information content (AvgIpc) is 4.05. The number of aryl methyl sites for hydroxylation is 2. The summed E-state index contributed by atoms with van der Waals surface area (Å²) < 4.78 is 12.1. The van der Waals surface area contributed by atoms with Gasteiger partial charge in [0.1, 0.15) is 29.5 Å². The highest BCUT2D eigenvalue weighted by molar-refractivity contribution is 7.24. The number of methoxy groups -OCH3 is 2. The number of amides is 3. The van der Waals surface area contributed by atoms with Gasteiger partial charge in [-0.15, -0.1) is 22.7 Å². The van der Waals surface area contributed by atoms with Gasteiger partial charge in [-0.2, -0.15) is 0 Å². The first-order valence-corrected chi connectivity index (χ1v) is 21.2. The fourth-order valence-corrected chi connectivity index (χ4v) is 10.7. The molecular formula is C41H52N8O6S2. The molecule has 3 amide bonds. The van der Waals surface area contributed by atoms with Gasteiger partial charge >= 0.3 is 12.2 Å². The molecule has 6 heterocycles. The molecule has 1 aromatic carbocycles. The van der Waals surface area contributed by atoms with Gasteiger partial charge in [-0.05, 0) is 91.9 Å². The van der Waals surface area contributed by atoms with Crippen LogP contribution in [0.15, 0.2) is 24.5 Å². The van der Waals surface area contributed by atoms with E-state index in [0.29, 0.717) is 13.1 Å². The number of aromatic amines is 2. The summed E-state index contributed by atoms with van der Waals surface area (Å²) in [5, 5.41) is 7.93. The number of benzene rings is 1. The topological polar surface area (TPSA) is 175 Å². The predicted molar refractivity (Wildman–Crippen MR) is 222 cm³/mol. The third kappa shape index (κ3) is 7.54. The highest BCUT2D eigenvalue weighted by atomic mass is 32.1. The van der Waals surface area contributed by atoms with Gasteiger partial charge in [-0.3, -0.25) is 9.69 Å². The number of aromatic nitrogens is 4. The first-order valence-electron chi connectivity index (χ1n) is 19.6. The second-order valence-electron chi connectivity index (χ2n) is 15.9. The summed E-state index contributed by atoms with van der Waals surface area (Å²) >= 11 is 3.48. The molecule has 2 aliphatic heterocycles. The molecule has 2 aliphatic rings. The van der Waals surface area contributed by atoms with Gasteiger partial charge in [0.15, 0.2) is 0 Å². The van der Waals surface area contributed by atoms with Gasteiger partial charge in [0.2, 0.25) is 5.91 Å². The van der Waals surface area contributed by atoms with Crippen LogP contribution < -0.4 is 10.6 Å². The lowest BCUT2D eigenvalue weighted by Crippen LogP contribution is -2.60. The summed E-state index contributed by atoms with van der Waals surface area (Å²) in [5.41, 5.74) is 3.20. The number of hydrogen-bond acceptors (Lipinski definition) is 11. The number of thiophene rings is 2. The van der Waals surface area contributed by atoms with E-state index in [2.05, 4.69) is 51.5 Å². The van der Waals surface area contributed by atoms with Crippen LogP contribution in [0.3, 0.4) is 0 Å². The third-order valence-electron chi connectivity index (χ3n) is 11.8. The number of imidazole rings is 2. The number of hydrogen-bond donors (Lipinski definition) is 4. The number of carbonyl (C=O) groups excluding carboxylic acids is 4. The Bertz CT molecular complexity index is 2250. The maximum Gasteiger partial charge on any atom is 0.407 e. The Morgan fingerprint density at radius 1 is 0.877 bits per heavy atom. The Kier molecular flexibility index (Phi) is 11.5. The van der Waals surface area contributed by atoms with Crippen molar-refractivity contribution >= 4 is 67.2 Å². The molecule has 4 aromatic heterocycles. The summed E-state index contributed by atoms with van der Waals surface area (Å²) in [6, 6.07) is 3.58. The zero-order valence-electron chi connectivity index (χ0n) is 33.8. The number of carbonyl (C=O) groups is 4. The summed E-state index contributed by atoms with van der Waals surface area (Å²) in [5.74, 6) is 1.21. The summed E-state index contributed by atoms with van der Waals surface area (Å²) in [4.78, 5) is 73.4. The number of H-pyrrole nitrogens is 2. The van der Waals surface area contributed by atoms with Crippen molar-refractivity contribution in [3.63, 3.8) is 0 Å². The minimum absolute atomic E-state index is 0.0151. The summed E-state index contributed by atoms with van der Waals surface area (Å²) in [6.45, 7) is 13.8. The number of ether oxygens (including phenoxy) is 2. The van der Waals surface area contributed by atoms with Gasteiger partial charge in [0.05, 0.1) is 59.8 Å². The molecule has 0 aliphatic carbocycles. The molecule has 4 atom stereocenters. The Labute approximate surface area is 340 Å². The first-order chi connectivity index (χ1) is 27.3. The molecule has 0 unspecified atom stereocenters. The number of fused-ring (bicyclic) bond motifs is 2. The lowest BCUT2D eigenvalue weighted by molar-refractivity contribution is -0.135. The second kappa shape index (κ2) is 16.2. The van der Waals surface area contributed by atoms with E-state index in [1.807, 2.05) is 45.0 Å². The number of alkyl carbamates (subject to hydrolysis) is 2. The fraction of sp³-hybridized carbons (Fsp3) is 0.512. The molecule has 7 rings (SSSR count). The molecule has 4 N–H and O–H groups in total. The van der Waals surface area contributed by atoms with Crippen molar-refractivity contribution in [1.82, 2.24) is 40.4 Å². The van der Waals surface area contributed by atoms with Crippen molar-refractivity contribution in [3.05, 3.63) is 47.3 Å². The molecule has 0 radical (unpaired) electrons. The van der Waals surface area contributed by atoms with Crippen LogP contribution in [0.2, 0.25) is 0 Å². The van der Waals surface area contributed by atoms with Crippen molar-refractivity contribution < 1.29 is 28.7 Å². The molecule has 16 heteroatoms. The maximum atomic E-state index is 13.7. The van der Waals surface area contributed by atoms with Crippen LogP contribution in [0.4, 0.5) is 9.59 Å². The van der Waals surface area contributed by atoms with Crippen LogP contribution in [0.25, 0.3) is 41.3 Å². The Balaban J connectivity index is 1.12. The van der Waals surface area contributed by atoms with Crippen LogP contribution in [-0.4, -0.2) is 99.6 Å². The molecule has 0 saturated carbocycles. The molecule has 2 fully saturated rings. The Hall–Kier alpha value is -4.80.